The van der Waals surface area contributed by atoms with Gasteiger partial charge in [0.15, 0.2) is 22.5 Å². The fourth-order valence-corrected chi connectivity index (χ4v) is 4.73. The molecule has 11 nitrogen and oxygen atoms in total. The Labute approximate surface area is 227 Å². The number of rotatable bonds is 6. The molecular formula is C26H36ClN7O4. The average molecular weight is 546 g/mol. The van der Waals surface area contributed by atoms with Gasteiger partial charge in [0.1, 0.15) is 5.60 Å². The number of nitrogens with one attached hydrogen (secondary N) is 2. The Bertz CT molecular complexity index is 1140. The normalized spacial score (nSPS) is 20.1. The topological polar surface area (TPSA) is 146 Å². The fraction of sp³-hybridized carbons (Fsp3) is 0.538. The molecule has 2 fully saturated rings. The summed E-state index contributed by atoms with van der Waals surface area (Å²) in [5, 5.41) is 16.2. The van der Waals surface area contributed by atoms with Crippen LogP contribution in [-0.2, 0) is 4.74 Å². The molecule has 0 atom stereocenters. The van der Waals surface area contributed by atoms with Gasteiger partial charge in [0.25, 0.3) is 5.91 Å². The van der Waals surface area contributed by atoms with Crippen LogP contribution in [0, 0.1) is 0 Å². The number of nitrogens with zero attached hydrogens (tertiary/aromatic N) is 4. The molecule has 2 aliphatic rings. The number of aliphatic hydroxyl groups excluding tert-OH is 1. The second-order valence-corrected chi connectivity index (χ2v) is 11.1. The number of nitrogens with two attached hydrogens (primary N) is 1. The number of aliphatic hydroxyl groups is 1. The molecule has 0 spiro atoms. The van der Waals surface area contributed by atoms with Crippen LogP contribution in [0.1, 0.15) is 56.9 Å². The largest absolute Gasteiger partial charge is 0.444 e. The zero-order valence-corrected chi connectivity index (χ0v) is 22.8. The Morgan fingerprint density at radius 3 is 2.24 bits per heavy atom. The predicted molar refractivity (Wildman–Crippen MR) is 147 cm³/mol. The van der Waals surface area contributed by atoms with Crippen molar-refractivity contribution in [3.63, 3.8) is 0 Å². The van der Waals surface area contributed by atoms with E-state index in [4.69, 9.17) is 22.1 Å². The summed E-state index contributed by atoms with van der Waals surface area (Å²) in [6.45, 7) is 8.11. The van der Waals surface area contributed by atoms with E-state index in [2.05, 4.69) is 25.5 Å². The molecule has 0 bridgehead atoms. The molecule has 1 saturated carbocycles. The standard InChI is InChI=1S/C26H36ClN7O4/c1-26(2,3)38-25(37)34-14-12-33(13-15-34)18-8-4-16(5-9-18)29-23-20(22(28)36)31-21(27)24(32-23)30-17-6-10-19(35)11-7-17/h4-5,8-9,17,19,35H,6-7,10-15H2,1-3H3,(H2,28,36)(H2,29,30,32)/t17-,19-. The number of hydrogen-bond acceptors (Lipinski definition) is 9. The van der Waals surface area contributed by atoms with Crippen molar-refractivity contribution >= 4 is 46.6 Å². The number of amides is 2. The van der Waals surface area contributed by atoms with E-state index in [1.54, 1.807) is 4.90 Å². The second kappa shape index (κ2) is 11.6. The van der Waals surface area contributed by atoms with Crippen molar-refractivity contribution in [2.75, 3.05) is 41.7 Å². The highest BCUT2D eigenvalue weighted by Crippen LogP contribution is 2.29. The van der Waals surface area contributed by atoms with Crippen molar-refractivity contribution in [2.45, 2.75) is 64.2 Å². The van der Waals surface area contributed by atoms with E-state index in [9.17, 15) is 14.7 Å². The van der Waals surface area contributed by atoms with Crippen molar-refractivity contribution in [3.8, 4) is 0 Å². The molecule has 5 N–H and O–H groups in total. The Balaban J connectivity index is 1.41. The van der Waals surface area contributed by atoms with E-state index in [0.717, 1.165) is 18.5 Å². The number of aromatic nitrogens is 2. The summed E-state index contributed by atoms with van der Waals surface area (Å²) < 4.78 is 5.47. The van der Waals surface area contributed by atoms with Gasteiger partial charge in [0, 0.05) is 43.6 Å². The van der Waals surface area contributed by atoms with Crippen LogP contribution in [0.25, 0.3) is 0 Å². The monoisotopic (exact) mass is 545 g/mol. The highest BCUT2D eigenvalue weighted by Gasteiger charge is 2.26. The van der Waals surface area contributed by atoms with Gasteiger partial charge in [0.05, 0.1) is 6.10 Å². The first-order chi connectivity index (χ1) is 18.0. The highest BCUT2D eigenvalue weighted by atomic mass is 35.5. The molecule has 12 heteroatoms. The quantitative estimate of drug-likeness (QED) is 0.426. The van der Waals surface area contributed by atoms with E-state index in [0.29, 0.717) is 50.5 Å². The summed E-state index contributed by atoms with van der Waals surface area (Å²) in [5.74, 6) is -0.173. The fourth-order valence-electron chi connectivity index (χ4n) is 4.55. The number of carbonyl (C=O) groups is 2. The van der Waals surface area contributed by atoms with Crippen LogP contribution < -0.4 is 21.3 Å². The van der Waals surface area contributed by atoms with Gasteiger partial charge < -0.3 is 36.0 Å². The molecule has 38 heavy (non-hydrogen) atoms. The van der Waals surface area contributed by atoms with Crippen molar-refractivity contribution in [1.29, 1.82) is 0 Å². The molecule has 0 radical (unpaired) electrons. The molecule has 0 unspecified atom stereocenters. The Kier molecular flexibility index (Phi) is 8.47. The minimum absolute atomic E-state index is 0.0537. The first-order valence-corrected chi connectivity index (χ1v) is 13.3. The summed E-state index contributed by atoms with van der Waals surface area (Å²) in [4.78, 5) is 37.0. The van der Waals surface area contributed by atoms with Crippen molar-refractivity contribution < 1.29 is 19.4 Å². The Morgan fingerprint density at radius 1 is 1.03 bits per heavy atom. The van der Waals surface area contributed by atoms with Crippen LogP contribution in [-0.4, -0.2) is 75.9 Å². The molecule has 1 saturated heterocycles. The summed E-state index contributed by atoms with van der Waals surface area (Å²) in [5.41, 5.74) is 6.68. The van der Waals surface area contributed by atoms with Crippen LogP contribution in [0.3, 0.4) is 0 Å². The maximum absolute atomic E-state index is 12.3. The van der Waals surface area contributed by atoms with Gasteiger partial charge in [-0.1, -0.05) is 11.6 Å². The average Bonchev–Trinajstić information content (AvgIpc) is 2.86. The van der Waals surface area contributed by atoms with Crippen LogP contribution >= 0.6 is 11.6 Å². The van der Waals surface area contributed by atoms with Gasteiger partial charge in [-0.3, -0.25) is 4.79 Å². The lowest BCUT2D eigenvalue weighted by Gasteiger charge is -2.36. The molecule has 2 aromatic rings. The third kappa shape index (κ3) is 7.16. The van der Waals surface area contributed by atoms with Crippen LogP contribution in [0.2, 0.25) is 5.15 Å². The number of hydrogen-bond donors (Lipinski definition) is 4. The van der Waals surface area contributed by atoms with Crippen LogP contribution in [0.4, 0.5) is 27.8 Å². The van der Waals surface area contributed by atoms with Crippen LogP contribution in [0.5, 0.6) is 0 Å². The molecule has 1 aliphatic heterocycles. The molecule has 1 aromatic heterocycles. The van der Waals surface area contributed by atoms with Crippen molar-refractivity contribution in [2.24, 2.45) is 5.73 Å². The number of piperazine rings is 1. The number of benzene rings is 1. The summed E-state index contributed by atoms with van der Waals surface area (Å²) in [6.07, 6.45) is 2.41. The predicted octanol–water partition coefficient (Wildman–Crippen LogP) is 3.75. The lowest BCUT2D eigenvalue weighted by atomic mass is 9.93. The van der Waals surface area contributed by atoms with Gasteiger partial charge in [0.2, 0.25) is 0 Å². The molecule has 4 rings (SSSR count). The molecule has 206 valence electrons. The number of carbonyl (C=O) groups excluding carboxylic acids is 2. The maximum atomic E-state index is 12.3. The second-order valence-electron chi connectivity index (χ2n) is 10.7. The minimum Gasteiger partial charge on any atom is -0.444 e. The van der Waals surface area contributed by atoms with Gasteiger partial charge in [-0.15, -0.1) is 0 Å². The first-order valence-electron chi connectivity index (χ1n) is 12.9. The number of primary amides is 1. The first kappa shape index (κ1) is 27.7. The van der Waals surface area contributed by atoms with Gasteiger partial charge >= 0.3 is 6.09 Å². The Morgan fingerprint density at radius 2 is 1.66 bits per heavy atom. The zero-order valence-electron chi connectivity index (χ0n) is 22.0. The summed E-state index contributed by atoms with van der Waals surface area (Å²) >= 11 is 6.31. The lowest BCUT2D eigenvalue weighted by molar-refractivity contribution is 0.0240. The maximum Gasteiger partial charge on any atom is 0.410 e. The molecular weight excluding hydrogens is 510 g/mol. The molecule has 2 heterocycles. The van der Waals surface area contributed by atoms with Gasteiger partial charge in [-0.05, 0) is 70.7 Å². The van der Waals surface area contributed by atoms with E-state index >= 15 is 0 Å². The minimum atomic E-state index is -0.742. The van der Waals surface area contributed by atoms with E-state index in [1.807, 2.05) is 45.0 Å². The van der Waals surface area contributed by atoms with Crippen molar-refractivity contribution in [3.05, 3.63) is 35.1 Å². The summed E-state index contributed by atoms with van der Waals surface area (Å²) in [7, 11) is 0. The third-order valence-corrected chi connectivity index (χ3v) is 6.81. The zero-order chi connectivity index (χ0) is 27.4. The number of ether oxygens (including phenoxy) is 1. The van der Waals surface area contributed by atoms with Crippen LogP contribution in [0.15, 0.2) is 24.3 Å². The molecule has 1 aromatic carbocycles. The smallest absolute Gasteiger partial charge is 0.410 e. The third-order valence-electron chi connectivity index (χ3n) is 6.55. The van der Waals surface area contributed by atoms with Gasteiger partial charge in [-0.25, -0.2) is 14.8 Å². The SMILES string of the molecule is CC(C)(C)OC(=O)N1CCN(c2ccc(Nc3nc(N[C@H]4CC[C@H](O)CC4)c(Cl)nc3C(N)=O)cc2)CC1. The molecule has 2 amide bonds. The highest BCUT2D eigenvalue weighted by molar-refractivity contribution is 6.32. The van der Waals surface area contributed by atoms with E-state index < -0.39 is 11.5 Å². The summed E-state index contributed by atoms with van der Waals surface area (Å²) in [6, 6.07) is 7.79. The van der Waals surface area contributed by atoms with Gasteiger partial charge in [-0.2, -0.15) is 0 Å². The van der Waals surface area contributed by atoms with Crippen molar-refractivity contribution in [1.82, 2.24) is 14.9 Å². The molecule has 1 aliphatic carbocycles. The number of halogens is 1. The Hall–Kier alpha value is -3.31. The number of anilines is 4. The van der Waals surface area contributed by atoms with E-state index in [1.165, 1.54) is 0 Å². The lowest BCUT2D eigenvalue weighted by Crippen LogP contribution is -2.50. The van der Waals surface area contributed by atoms with E-state index in [-0.39, 0.29) is 34.9 Å².